The first kappa shape index (κ1) is 11.5. The second-order valence-corrected chi connectivity index (χ2v) is 4.11. The van der Waals surface area contributed by atoms with Gasteiger partial charge in [0.1, 0.15) is 0 Å². The Morgan fingerprint density at radius 3 is 3.00 bits per heavy atom. The number of likely N-dealkylation sites (tertiary alicyclic amines) is 1. The van der Waals surface area contributed by atoms with Crippen molar-refractivity contribution >= 4 is 0 Å². The quantitative estimate of drug-likeness (QED) is 0.676. The van der Waals surface area contributed by atoms with Crippen LogP contribution in [0.4, 0.5) is 0 Å². The number of nitriles is 1. The van der Waals surface area contributed by atoms with Crippen LogP contribution in [0, 0.1) is 17.2 Å². The van der Waals surface area contributed by atoms with E-state index in [0.29, 0.717) is 18.9 Å². The summed E-state index contributed by atoms with van der Waals surface area (Å²) in [6.07, 6.45) is 5.19. The Hall–Kier alpha value is -0.590. The SMILES string of the molecule is N#CCCCCN1CCC[C@H](CO)C1. The van der Waals surface area contributed by atoms with Crippen LogP contribution in [0.3, 0.4) is 0 Å². The fourth-order valence-electron chi connectivity index (χ4n) is 2.04. The average Bonchev–Trinajstić information content (AvgIpc) is 2.25. The van der Waals surface area contributed by atoms with E-state index < -0.39 is 0 Å². The molecule has 0 aromatic heterocycles. The molecule has 0 radical (unpaired) electrons. The molecule has 14 heavy (non-hydrogen) atoms. The molecule has 1 rings (SSSR count). The first-order chi connectivity index (χ1) is 6.86. The average molecular weight is 196 g/mol. The van der Waals surface area contributed by atoms with E-state index in [4.69, 9.17) is 10.4 Å². The molecule has 1 fully saturated rings. The molecule has 0 aliphatic carbocycles. The van der Waals surface area contributed by atoms with Crippen molar-refractivity contribution in [1.82, 2.24) is 4.90 Å². The molecule has 1 atom stereocenters. The van der Waals surface area contributed by atoms with Gasteiger partial charge in [0.25, 0.3) is 0 Å². The molecule has 1 N–H and O–H groups in total. The van der Waals surface area contributed by atoms with E-state index in [1.807, 2.05) is 0 Å². The summed E-state index contributed by atoms with van der Waals surface area (Å²) in [5, 5.41) is 17.4. The van der Waals surface area contributed by atoms with Crippen LogP contribution < -0.4 is 0 Å². The molecule has 0 saturated carbocycles. The lowest BCUT2D eigenvalue weighted by Crippen LogP contribution is -2.37. The van der Waals surface area contributed by atoms with Crippen LogP contribution in [-0.2, 0) is 0 Å². The number of rotatable bonds is 5. The molecule has 0 aromatic rings. The molecule has 80 valence electrons. The predicted octanol–water partition coefficient (Wildman–Crippen LogP) is 1.38. The molecule has 0 spiro atoms. The summed E-state index contributed by atoms with van der Waals surface area (Å²) < 4.78 is 0. The zero-order valence-electron chi connectivity index (χ0n) is 8.78. The van der Waals surface area contributed by atoms with Gasteiger partial charge in [-0.25, -0.2) is 0 Å². The zero-order valence-corrected chi connectivity index (χ0v) is 8.78. The van der Waals surface area contributed by atoms with Gasteiger partial charge in [-0.05, 0) is 44.7 Å². The van der Waals surface area contributed by atoms with Crippen LogP contribution in [0.25, 0.3) is 0 Å². The van der Waals surface area contributed by atoms with Crippen LogP contribution in [0.5, 0.6) is 0 Å². The lowest BCUT2D eigenvalue weighted by molar-refractivity contribution is 0.119. The van der Waals surface area contributed by atoms with Gasteiger partial charge in [0.05, 0.1) is 6.07 Å². The highest BCUT2D eigenvalue weighted by molar-refractivity contribution is 4.73. The molecule has 3 nitrogen and oxygen atoms in total. The first-order valence-corrected chi connectivity index (χ1v) is 5.57. The van der Waals surface area contributed by atoms with Crippen molar-refractivity contribution < 1.29 is 5.11 Å². The largest absolute Gasteiger partial charge is 0.396 e. The van der Waals surface area contributed by atoms with E-state index in [9.17, 15) is 0 Å². The normalized spacial score (nSPS) is 23.3. The summed E-state index contributed by atoms with van der Waals surface area (Å²) in [5.74, 6) is 0.486. The van der Waals surface area contributed by atoms with Gasteiger partial charge in [0.15, 0.2) is 0 Å². The highest BCUT2D eigenvalue weighted by atomic mass is 16.3. The maximum Gasteiger partial charge on any atom is 0.0621 e. The third-order valence-electron chi connectivity index (χ3n) is 2.87. The third kappa shape index (κ3) is 4.08. The second kappa shape index (κ2) is 6.80. The van der Waals surface area contributed by atoms with Crippen molar-refractivity contribution in [3.8, 4) is 6.07 Å². The van der Waals surface area contributed by atoms with Crippen LogP contribution in [0.1, 0.15) is 32.1 Å². The number of piperidine rings is 1. The molecule has 3 heteroatoms. The Kier molecular flexibility index (Phi) is 5.58. The minimum absolute atomic E-state index is 0.328. The van der Waals surface area contributed by atoms with Crippen LogP contribution >= 0.6 is 0 Å². The number of hydrogen-bond donors (Lipinski definition) is 1. The summed E-state index contributed by atoms with van der Waals surface area (Å²) in [6, 6.07) is 2.17. The fourth-order valence-corrected chi connectivity index (χ4v) is 2.04. The Morgan fingerprint density at radius 2 is 2.29 bits per heavy atom. The van der Waals surface area contributed by atoms with E-state index in [1.54, 1.807) is 0 Å². The summed E-state index contributed by atoms with van der Waals surface area (Å²) in [5.41, 5.74) is 0. The van der Waals surface area contributed by atoms with Crippen molar-refractivity contribution in [2.24, 2.45) is 5.92 Å². The van der Waals surface area contributed by atoms with Crippen molar-refractivity contribution in [2.45, 2.75) is 32.1 Å². The molecule has 0 unspecified atom stereocenters. The van der Waals surface area contributed by atoms with Gasteiger partial charge in [-0.2, -0.15) is 5.26 Å². The topological polar surface area (TPSA) is 47.3 Å². The molecular weight excluding hydrogens is 176 g/mol. The lowest BCUT2D eigenvalue weighted by atomic mass is 9.99. The van der Waals surface area contributed by atoms with Crippen LogP contribution in [0.2, 0.25) is 0 Å². The molecule has 1 saturated heterocycles. The molecule has 0 aromatic carbocycles. The van der Waals surface area contributed by atoms with Gasteiger partial charge < -0.3 is 10.0 Å². The first-order valence-electron chi connectivity index (χ1n) is 5.57. The summed E-state index contributed by atoms with van der Waals surface area (Å²) in [6.45, 7) is 3.64. The molecule has 0 bridgehead atoms. The number of nitrogens with zero attached hydrogens (tertiary/aromatic N) is 2. The molecule has 1 aliphatic heterocycles. The number of aliphatic hydroxyl groups is 1. The second-order valence-electron chi connectivity index (χ2n) is 4.11. The Balaban J connectivity index is 2.08. The molecule has 1 heterocycles. The van der Waals surface area contributed by atoms with Gasteiger partial charge in [-0.1, -0.05) is 0 Å². The van der Waals surface area contributed by atoms with Gasteiger partial charge in [-0.15, -0.1) is 0 Å². The highest BCUT2D eigenvalue weighted by Gasteiger charge is 2.18. The Bertz CT molecular complexity index is 188. The zero-order chi connectivity index (χ0) is 10.2. The van der Waals surface area contributed by atoms with E-state index in [1.165, 1.54) is 19.4 Å². The van der Waals surface area contributed by atoms with Crippen molar-refractivity contribution in [3.05, 3.63) is 0 Å². The highest BCUT2D eigenvalue weighted by Crippen LogP contribution is 2.16. The number of aliphatic hydroxyl groups excluding tert-OH is 1. The van der Waals surface area contributed by atoms with Gasteiger partial charge in [0, 0.05) is 19.6 Å². The minimum Gasteiger partial charge on any atom is -0.396 e. The van der Waals surface area contributed by atoms with E-state index in [-0.39, 0.29) is 0 Å². The minimum atomic E-state index is 0.328. The standard InChI is InChI=1S/C11H20N2O/c12-6-2-1-3-7-13-8-4-5-11(9-13)10-14/h11,14H,1-5,7-10H2/t11-/m0/s1. The summed E-state index contributed by atoms with van der Waals surface area (Å²) >= 11 is 0. The lowest BCUT2D eigenvalue weighted by Gasteiger charge is -2.31. The van der Waals surface area contributed by atoms with Crippen molar-refractivity contribution in [3.63, 3.8) is 0 Å². The summed E-state index contributed by atoms with van der Waals surface area (Å²) in [4.78, 5) is 2.42. The maximum absolute atomic E-state index is 9.05. The number of unbranched alkanes of at least 4 members (excludes halogenated alkanes) is 2. The van der Waals surface area contributed by atoms with Crippen molar-refractivity contribution in [2.75, 3.05) is 26.2 Å². The monoisotopic (exact) mass is 196 g/mol. The van der Waals surface area contributed by atoms with Crippen LogP contribution in [0.15, 0.2) is 0 Å². The smallest absolute Gasteiger partial charge is 0.0621 e. The van der Waals surface area contributed by atoms with Gasteiger partial charge >= 0.3 is 0 Å². The fraction of sp³-hybridized carbons (Fsp3) is 0.909. The number of hydrogen-bond acceptors (Lipinski definition) is 3. The summed E-state index contributed by atoms with van der Waals surface area (Å²) in [7, 11) is 0. The van der Waals surface area contributed by atoms with Crippen molar-refractivity contribution in [1.29, 1.82) is 5.26 Å². The predicted molar refractivity (Wildman–Crippen MR) is 55.7 cm³/mol. The van der Waals surface area contributed by atoms with Crippen LogP contribution in [-0.4, -0.2) is 36.2 Å². The molecule has 0 amide bonds. The van der Waals surface area contributed by atoms with E-state index in [2.05, 4.69) is 11.0 Å². The van der Waals surface area contributed by atoms with E-state index in [0.717, 1.165) is 25.9 Å². The van der Waals surface area contributed by atoms with Gasteiger partial charge in [-0.3, -0.25) is 0 Å². The third-order valence-corrected chi connectivity index (χ3v) is 2.87. The van der Waals surface area contributed by atoms with Gasteiger partial charge in [0.2, 0.25) is 0 Å². The molecule has 1 aliphatic rings. The maximum atomic E-state index is 9.05. The van der Waals surface area contributed by atoms with E-state index >= 15 is 0 Å². The Labute approximate surface area is 86.3 Å². The molecular formula is C11H20N2O. The Morgan fingerprint density at radius 1 is 1.43 bits per heavy atom.